The van der Waals surface area contributed by atoms with Gasteiger partial charge in [-0.1, -0.05) is 60.1 Å². The van der Waals surface area contributed by atoms with Crippen LogP contribution in [0, 0.1) is 0 Å². The van der Waals surface area contributed by atoms with E-state index in [0.717, 1.165) is 27.7 Å². The summed E-state index contributed by atoms with van der Waals surface area (Å²) in [6.07, 6.45) is 1.82. The number of benzene rings is 5. The van der Waals surface area contributed by atoms with Crippen molar-refractivity contribution in [2.24, 2.45) is 20.3 Å². The molecule has 0 atom stereocenters. The van der Waals surface area contributed by atoms with Crippen LogP contribution >= 0.6 is 11.6 Å². The van der Waals surface area contributed by atoms with Crippen LogP contribution in [-0.4, -0.2) is 42.7 Å². The number of aliphatic imine (C=N–C) groups is 1. The molecule has 53 heavy (non-hydrogen) atoms. The Morgan fingerprint density at radius 1 is 0.830 bits per heavy atom. The predicted molar refractivity (Wildman–Crippen MR) is 209 cm³/mol. The minimum Gasteiger partial charge on any atom is -0.493 e. The fourth-order valence-electron chi connectivity index (χ4n) is 5.88. The average molecular weight is 722 g/mol. The van der Waals surface area contributed by atoms with Gasteiger partial charge in [0.25, 0.3) is 11.8 Å². The summed E-state index contributed by atoms with van der Waals surface area (Å²) in [5.41, 5.74) is 8.93. The lowest BCUT2D eigenvalue weighted by Gasteiger charge is -2.16. The molecule has 2 amide bonds. The zero-order valence-corrected chi connectivity index (χ0v) is 29.6. The van der Waals surface area contributed by atoms with Gasteiger partial charge in [-0.05, 0) is 91.4 Å². The Labute approximate surface area is 310 Å². The summed E-state index contributed by atoms with van der Waals surface area (Å²) in [5.74, 6) is 0.698. The van der Waals surface area contributed by atoms with E-state index in [-0.39, 0.29) is 17.3 Å². The quantitative estimate of drug-likeness (QED) is 0.0505. The summed E-state index contributed by atoms with van der Waals surface area (Å²) in [6.45, 7) is 1.77. The molecule has 7 rings (SSSR count). The van der Waals surface area contributed by atoms with Crippen LogP contribution in [-0.2, 0) is 4.79 Å². The number of aromatic nitrogens is 1. The van der Waals surface area contributed by atoms with Crippen molar-refractivity contribution in [1.29, 1.82) is 0 Å². The van der Waals surface area contributed by atoms with Gasteiger partial charge < -0.3 is 14.5 Å². The lowest BCUT2D eigenvalue weighted by atomic mass is 10.0. The highest BCUT2D eigenvalue weighted by atomic mass is 35.5. The van der Waals surface area contributed by atoms with Gasteiger partial charge in [0.15, 0.2) is 11.5 Å². The second-order valence-corrected chi connectivity index (χ2v) is 12.3. The first-order chi connectivity index (χ1) is 25.8. The molecule has 0 radical (unpaired) electrons. The maximum atomic E-state index is 13.8. The monoisotopic (exact) mass is 721 g/mol. The second kappa shape index (κ2) is 15.2. The minimum atomic E-state index is -0.609. The van der Waals surface area contributed by atoms with Crippen LogP contribution in [0.1, 0.15) is 28.4 Å². The first-order valence-electron chi connectivity index (χ1n) is 16.5. The molecule has 0 spiro atoms. The number of para-hydroxylation sites is 1. The van der Waals surface area contributed by atoms with Crippen molar-refractivity contribution in [2.75, 3.05) is 24.5 Å². The highest BCUT2D eigenvalue weighted by Crippen LogP contribution is 2.34. The van der Waals surface area contributed by atoms with Gasteiger partial charge in [0.2, 0.25) is 5.84 Å². The van der Waals surface area contributed by atoms with Gasteiger partial charge in [0.05, 0.1) is 31.3 Å². The number of hydrazone groups is 1. The number of methoxy groups -OCH3 is 2. The van der Waals surface area contributed by atoms with E-state index < -0.39 is 5.91 Å². The average Bonchev–Trinajstić information content (AvgIpc) is 3.70. The molecule has 1 aliphatic rings. The number of H-pyrrole nitrogens is 1. The summed E-state index contributed by atoms with van der Waals surface area (Å²) < 4.78 is 10.8. The summed E-state index contributed by atoms with van der Waals surface area (Å²) in [7, 11) is 3.05. The molecule has 262 valence electrons. The third-order valence-electron chi connectivity index (χ3n) is 8.50. The van der Waals surface area contributed by atoms with Crippen LogP contribution in [0.2, 0.25) is 5.02 Å². The van der Waals surface area contributed by atoms with E-state index in [4.69, 9.17) is 21.1 Å². The third-order valence-corrected chi connectivity index (χ3v) is 8.75. The number of fused-ring (bicyclic) bond motifs is 1. The molecule has 1 aliphatic heterocycles. The Morgan fingerprint density at radius 3 is 2.26 bits per heavy atom. The van der Waals surface area contributed by atoms with Crippen molar-refractivity contribution in [1.82, 2.24) is 4.98 Å². The molecular formula is C41H32ClN7O4. The van der Waals surface area contributed by atoms with Crippen molar-refractivity contribution in [3.05, 3.63) is 149 Å². The molecule has 12 heteroatoms. The van der Waals surface area contributed by atoms with Gasteiger partial charge >= 0.3 is 0 Å². The van der Waals surface area contributed by atoms with Crippen molar-refractivity contribution >= 4 is 63.4 Å². The number of rotatable bonds is 9. The molecular weight excluding hydrogens is 690 g/mol. The first-order valence-corrected chi connectivity index (χ1v) is 16.9. The fraction of sp³-hybridized carbons (Fsp3) is 0.0732. The molecule has 1 aromatic heterocycles. The van der Waals surface area contributed by atoms with Gasteiger partial charge in [-0.15, -0.1) is 10.2 Å². The summed E-state index contributed by atoms with van der Waals surface area (Å²) in [4.78, 5) is 36.7. The van der Waals surface area contributed by atoms with E-state index in [1.807, 2.05) is 60.7 Å². The number of azo groups is 1. The fourth-order valence-corrected chi connectivity index (χ4v) is 6.01. The van der Waals surface area contributed by atoms with Crippen molar-refractivity contribution in [3.8, 4) is 22.8 Å². The molecule has 11 nitrogen and oxygen atoms in total. The number of carbonyl (C=O) groups is 2. The van der Waals surface area contributed by atoms with Crippen molar-refractivity contribution < 1.29 is 19.1 Å². The number of carbonyl (C=O) groups excluding carboxylic acids is 2. The Bertz CT molecular complexity index is 2450. The highest BCUT2D eigenvalue weighted by molar-refractivity contribution is 6.30. The topological polar surface area (TPSA) is 133 Å². The smallest absolute Gasteiger partial charge is 0.295 e. The number of halogens is 1. The largest absolute Gasteiger partial charge is 0.493 e. The van der Waals surface area contributed by atoms with Crippen molar-refractivity contribution in [3.63, 3.8) is 0 Å². The van der Waals surface area contributed by atoms with Gasteiger partial charge in [-0.3, -0.25) is 19.9 Å². The molecule has 0 saturated heterocycles. The Morgan fingerprint density at radius 2 is 1.53 bits per heavy atom. The van der Waals surface area contributed by atoms with Crippen LogP contribution in [0.3, 0.4) is 0 Å². The molecule has 0 unspecified atom stereocenters. The zero-order chi connectivity index (χ0) is 36.9. The van der Waals surface area contributed by atoms with Gasteiger partial charge in [-0.2, -0.15) is 5.10 Å². The predicted octanol–water partition coefficient (Wildman–Crippen LogP) is 9.38. The van der Waals surface area contributed by atoms with Gasteiger partial charge in [-0.25, -0.2) is 4.99 Å². The van der Waals surface area contributed by atoms with Crippen molar-refractivity contribution in [2.45, 2.75) is 6.92 Å². The van der Waals surface area contributed by atoms with Crippen LogP contribution < -0.4 is 19.8 Å². The van der Waals surface area contributed by atoms with Crippen LogP contribution in [0.4, 0.5) is 11.4 Å². The number of hydrogen-bond donors (Lipinski definition) is 2. The standard InChI is InChI=1S/C41H32ClN7O4/c1-25-43-35(24-33-32-11-7-8-12-34(32)44-38(33)26-9-5-4-6-10-26)41(51)49(25)31-20-13-27(14-21-31)40(50)48-47-39(46-45-30-18-16-29(42)17-19-30)28-15-22-36(52-2)37(23-28)53-3/h4-24,44-45H,1-3H3/b35-24-,46-39+,48-47?. The van der Waals surface area contributed by atoms with E-state index in [1.165, 1.54) is 19.1 Å². The molecule has 6 aromatic rings. The number of anilines is 2. The number of nitrogens with one attached hydrogen (secondary N) is 2. The molecule has 0 fully saturated rings. The Kier molecular flexibility index (Phi) is 9.91. The maximum absolute atomic E-state index is 13.8. The summed E-state index contributed by atoms with van der Waals surface area (Å²) in [5, 5.41) is 14.1. The number of ether oxygens (including phenoxy) is 2. The first kappa shape index (κ1) is 34.6. The lowest BCUT2D eigenvalue weighted by molar-refractivity contribution is -0.113. The molecule has 5 aromatic carbocycles. The number of amidine groups is 2. The van der Waals surface area contributed by atoms with Gasteiger partial charge in [0, 0.05) is 32.6 Å². The normalized spacial score (nSPS) is 13.9. The number of hydrogen-bond acceptors (Lipinski definition) is 7. The van der Waals surface area contributed by atoms with Crippen LogP contribution in [0.15, 0.2) is 147 Å². The van der Waals surface area contributed by atoms with E-state index in [0.29, 0.717) is 45.0 Å². The SMILES string of the molecule is COc1ccc(/C(N=NC(=O)c2ccc(N3C(=O)/C(=C/c4c(-c5ccccc5)[nH]c5ccccc45)N=C3C)cc2)=N\Nc2ccc(Cl)cc2)cc1OC. The van der Waals surface area contributed by atoms with E-state index >= 15 is 0 Å². The lowest BCUT2D eigenvalue weighted by Crippen LogP contribution is -2.30. The molecule has 0 aliphatic carbocycles. The second-order valence-electron chi connectivity index (χ2n) is 11.8. The highest BCUT2D eigenvalue weighted by Gasteiger charge is 2.30. The summed E-state index contributed by atoms with van der Waals surface area (Å²) in [6, 6.07) is 36.5. The molecule has 2 N–H and O–H groups in total. The van der Waals surface area contributed by atoms with Crippen LogP contribution in [0.25, 0.3) is 28.2 Å². The van der Waals surface area contributed by atoms with E-state index in [9.17, 15) is 9.59 Å². The molecule has 2 heterocycles. The number of nitrogens with zero attached hydrogens (tertiary/aromatic N) is 5. The Balaban J connectivity index is 1.13. The third kappa shape index (κ3) is 7.32. The van der Waals surface area contributed by atoms with Crippen LogP contribution in [0.5, 0.6) is 11.5 Å². The number of amides is 2. The van der Waals surface area contributed by atoms with Gasteiger partial charge in [0.1, 0.15) is 11.5 Å². The number of aromatic amines is 1. The molecule has 0 saturated carbocycles. The minimum absolute atomic E-state index is 0.116. The summed E-state index contributed by atoms with van der Waals surface area (Å²) >= 11 is 6.02. The Hall–Kier alpha value is -6.85. The maximum Gasteiger partial charge on any atom is 0.295 e. The van der Waals surface area contributed by atoms with E-state index in [2.05, 4.69) is 30.7 Å². The zero-order valence-electron chi connectivity index (χ0n) is 28.9. The van der Waals surface area contributed by atoms with E-state index in [1.54, 1.807) is 73.7 Å². The molecule has 0 bridgehead atoms.